The summed E-state index contributed by atoms with van der Waals surface area (Å²) in [5.41, 5.74) is 0. The zero-order valence-electron chi connectivity index (χ0n) is 14.4. The zero-order chi connectivity index (χ0) is 14.4. The van der Waals surface area contributed by atoms with Crippen LogP contribution in [0.3, 0.4) is 0 Å². The van der Waals surface area contributed by atoms with Crippen LogP contribution in [-0.4, -0.2) is 24.6 Å². The Hall–Kier alpha value is 0.430. The summed E-state index contributed by atoms with van der Waals surface area (Å²) in [5, 5.41) is 0. The summed E-state index contributed by atoms with van der Waals surface area (Å²) in [6.45, 7) is 9.44. The molecule has 0 atom stereocenters. The molecule has 0 spiro atoms. The number of rotatable bonds is 14. The minimum atomic E-state index is -0.912. The maximum atomic E-state index is 2.37. The van der Waals surface area contributed by atoms with Crippen molar-refractivity contribution in [2.24, 2.45) is 0 Å². The molecule has 0 aliphatic rings. The van der Waals surface area contributed by atoms with Crippen LogP contribution in [0.4, 0.5) is 0 Å². The van der Waals surface area contributed by atoms with E-state index in [-0.39, 0.29) is 0 Å². The van der Waals surface area contributed by atoms with Gasteiger partial charge in [-0.15, -0.1) is 0 Å². The maximum absolute atomic E-state index is 2.37. The Labute approximate surface area is 124 Å². The van der Waals surface area contributed by atoms with Crippen LogP contribution in [0.15, 0.2) is 0 Å². The topological polar surface area (TPSA) is 0 Å². The molecule has 0 N–H and O–H groups in total. The molecule has 0 bridgehead atoms. The zero-order valence-corrected chi connectivity index (χ0v) is 15.4. The fraction of sp³-hybridized carbons (Fsp3) is 1.00. The van der Waals surface area contributed by atoms with Gasteiger partial charge in [0.25, 0.3) is 0 Å². The van der Waals surface area contributed by atoms with Crippen LogP contribution in [0.5, 0.6) is 0 Å². The van der Waals surface area contributed by atoms with Gasteiger partial charge < -0.3 is 0 Å². The third-order valence-electron chi connectivity index (χ3n) is 4.74. The molecule has 0 saturated carbocycles. The van der Waals surface area contributed by atoms with Gasteiger partial charge >= 0.3 is 124 Å². The van der Waals surface area contributed by atoms with Gasteiger partial charge in [-0.05, 0) is 0 Å². The molecule has 0 aliphatic heterocycles. The second-order valence-electron chi connectivity index (χ2n) is 6.62. The second-order valence-corrected chi connectivity index (χ2v) is 11.6. The Morgan fingerprint density at radius 2 is 0.737 bits per heavy atom. The Morgan fingerprint density at radius 1 is 0.421 bits per heavy atom. The van der Waals surface area contributed by atoms with Gasteiger partial charge in [-0.3, -0.25) is 0 Å². The molecule has 0 fully saturated rings. The van der Waals surface area contributed by atoms with Gasteiger partial charge in [-0.2, -0.15) is 0 Å². The van der Waals surface area contributed by atoms with E-state index in [1.165, 1.54) is 64.2 Å². The first-order chi connectivity index (χ1) is 9.24. The number of hydrogen-bond acceptors (Lipinski definition) is 0. The normalized spacial score (nSPS) is 12.8. The fourth-order valence-electron chi connectivity index (χ4n) is 3.35. The monoisotopic (exact) mass is 288 g/mol. The van der Waals surface area contributed by atoms with Crippen molar-refractivity contribution in [3.63, 3.8) is 0 Å². The van der Waals surface area contributed by atoms with Crippen molar-refractivity contribution in [3.8, 4) is 0 Å². The van der Waals surface area contributed by atoms with Crippen molar-refractivity contribution in [3.05, 3.63) is 0 Å². The summed E-state index contributed by atoms with van der Waals surface area (Å²) in [5.74, 6) is 0. The van der Waals surface area contributed by atoms with Crippen LogP contribution in [0.2, 0.25) is 0 Å². The second kappa shape index (κ2) is 13.4. The van der Waals surface area contributed by atoms with Crippen molar-refractivity contribution < 1.29 is 0 Å². The summed E-state index contributed by atoms with van der Waals surface area (Å²) in [7, 11) is -0.912. The Morgan fingerprint density at radius 3 is 1.05 bits per heavy atom. The Balaban J connectivity index is 4.44. The van der Waals surface area contributed by atoms with Crippen LogP contribution < -0.4 is 0 Å². The third kappa shape index (κ3) is 9.89. The van der Waals surface area contributed by atoms with E-state index < -0.39 is 7.26 Å². The molecule has 0 amide bonds. The first kappa shape index (κ1) is 19.4. The van der Waals surface area contributed by atoms with Crippen molar-refractivity contribution in [1.82, 2.24) is 0 Å². The molecule has 0 rings (SSSR count). The van der Waals surface area contributed by atoms with Crippen molar-refractivity contribution in [2.75, 3.05) is 24.6 Å². The molecule has 0 aliphatic carbocycles. The molecule has 0 saturated heterocycles. The predicted octanol–water partition coefficient (Wildman–Crippen LogP) is 6.72. The molecule has 0 heterocycles. The molecule has 19 heavy (non-hydrogen) atoms. The molecule has 0 nitrogen and oxygen atoms in total. The number of hydrogen-bond donors (Lipinski definition) is 0. The Bertz CT molecular complexity index is 157. The Kier molecular flexibility index (Phi) is 13.7. The first-order valence-corrected chi connectivity index (χ1v) is 12.1. The van der Waals surface area contributed by atoms with E-state index in [2.05, 4.69) is 27.7 Å². The summed E-state index contributed by atoms with van der Waals surface area (Å²) in [4.78, 5) is 0. The molecule has 118 valence electrons. The third-order valence-corrected chi connectivity index (χ3v) is 10.4. The van der Waals surface area contributed by atoms with Crippen LogP contribution in [0.1, 0.15) is 91.9 Å². The van der Waals surface area contributed by atoms with E-state index in [1.54, 1.807) is 24.6 Å². The standard InChI is InChI=1S/C18H41P/c1-5-9-13-17-19(15-11-7-3,16-12-8-4)18-14-10-6-2/h19H,5-18H2,1-4H3. The predicted molar refractivity (Wildman–Crippen MR) is 96.6 cm³/mol. The van der Waals surface area contributed by atoms with E-state index >= 15 is 0 Å². The molecule has 0 radical (unpaired) electrons. The molecule has 1 heteroatoms. The average Bonchev–Trinajstić information content (AvgIpc) is 2.43. The van der Waals surface area contributed by atoms with E-state index in [0.29, 0.717) is 0 Å². The number of unbranched alkanes of at least 4 members (excludes halogenated alkanes) is 6. The molecule has 0 aromatic heterocycles. The quantitative estimate of drug-likeness (QED) is 0.246. The summed E-state index contributed by atoms with van der Waals surface area (Å²) in [6, 6.07) is 0. The van der Waals surface area contributed by atoms with Gasteiger partial charge in [0.2, 0.25) is 0 Å². The van der Waals surface area contributed by atoms with Gasteiger partial charge in [-0.25, -0.2) is 0 Å². The van der Waals surface area contributed by atoms with Crippen molar-refractivity contribution in [1.29, 1.82) is 0 Å². The first-order valence-electron chi connectivity index (χ1n) is 9.24. The average molecular weight is 288 g/mol. The van der Waals surface area contributed by atoms with Crippen molar-refractivity contribution in [2.45, 2.75) is 91.9 Å². The van der Waals surface area contributed by atoms with Gasteiger partial charge in [0.1, 0.15) is 0 Å². The summed E-state index contributed by atoms with van der Waals surface area (Å²) >= 11 is 0. The van der Waals surface area contributed by atoms with Crippen LogP contribution >= 0.6 is 7.26 Å². The van der Waals surface area contributed by atoms with E-state index in [1.807, 2.05) is 0 Å². The van der Waals surface area contributed by atoms with Crippen LogP contribution in [-0.2, 0) is 0 Å². The molecular formula is C18H41P. The SMILES string of the molecule is CCCCC[PH](CCCC)(CCCC)CCCCC. The molecule has 0 aromatic carbocycles. The minimum absolute atomic E-state index is 0.912. The van der Waals surface area contributed by atoms with E-state index in [9.17, 15) is 0 Å². The van der Waals surface area contributed by atoms with Gasteiger partial charge in [0.15, 0.2) is 0 Å². The van der Waals surface area contributed by atoms with Gasteiger partial charge in [0, 0.05) is 0 Å². The molecular weight excluding hydrogens is 247 g/mol. The molecule has 0 aromatic rings. The van der Waals surface area contributed by atoms with E-state index in [0.717, 1.165) is 0 Å². The van der Waals surface area contributed by atoms with Crippen LogP contribution in [0.25, 0.3) is 0 Å². The fourth-order valence-corrected chi connectivity index (χ4v) is 9.06. The molecule has 0 unspecified atom stereocenters. The summed E-state index contributed by atoms with van der Waals surface area (Å²) in [6.07, 6.45) is 21.2. The van der Waals surface area contributed by atoms with Gasteiger partial charge in [0.05, 0.1) is 0 Å². The van der Waals surface area contributed by atoms with Gasteiger partial charge in [-0.1, -0.05) is 0 Å². The summed E-state index contributed by atoms with van der Waals surface area (Å²) < 4.78 is 0. The van der Waals surface area contributed by atoms with Crippen molar-refractivity contribution >= 4 is 7.26 Å². The van der Waals surface area contributed by atoms with E-state index in [4.69, 9.17) is 0 Å². The van der Waals surface area contributed by atoms with Crippen LogP contribution in [0, 0.1) is 0 Å².